The van der Waals surface area contributed by atoms with E-state index in [0.717, 1.165) is 24.5 Å². The summed E-state index contributed by atoms with van der Waals surface area (Å²) in [5.74, 6) is 2.33. The molecule has 0 aliphatic carbocycles. The van der Waals surface area contributed by atoms with Gasteiger partial charge >= 0.3 is 0 Å². The standard InChI is InChI=1S/C12H13ClN2S/c13-11-3-1-4-12(10(11)9-14)15-5-2-7-16-8-6-15/h1,3-4H,2,5-8H2. The molecule has 16 heavy (non-hydrogen) atoms. The average Bonchev–Trinajstić information content (AvgIpc) is 2.57. The van der Waals surface area contributed by atoms with E-state index in [1.807, 2.05) is 23.9 Å². The summed E-state index contributed by atoms with van der Waals surface area (Å²) in [6.07, 6.45) is 1.17. The minimum Gasteiger partial charge on any atom is -0.370 e. The van der Waals surface area contributed by atoms with Crippen LogP contribution in [0, 0.1) is 11.3 Å². The third-order valence-corrected chi connectivity index (χ3v) is 4.03. The van der Waals surface area contributed by atoms with Gasteiger partial charge in [0.25, 0.3) is 0 Å². The highest BCUT2D eigenvalue weighted by Crippen LogP contribution is 2.28. The molecule has 1 aliphatic rings. The van der Waals surface area contributed by atoms with Crippen LogP contribution in [0.15, 0.2) is 18.2 Å². The van der Waals surface area contributed by atoms with E-state index in [4.69, 9.17) is 16.9 Å². The molecule has 0 radical (unpaired) electrons. The Morgan fingerprint density at radius 2 is 2.19 bits per heavy atom. The van der Waals surface area contributed by atoms with Crippen LogP contribution in [-0.2, 0) is 0 Å². The molecule has 1 aromatic carbocycles. The fraction of sp³-hybridized carbons (Fsp3) is 0.417. The van der Waals surface area contributed by atoms with Gasteiger partial charge in [0.05, 0.1) is 16.3 Å². The van der Waals surface area contributed by atoms with E-state index in [9.17, 15) is 0 Å². The summed E-state index contributed by atoms with van der Waals surface area (Å²) in [7, 11) is 0. The summed E-state index contributed by atoms with van der Waals surface area (Å²) in [6.45, 7) is 2.02. The van der Waals surface area contributed by atoms with Crippen molar-refractivity contribution in [3.63, 3.8) is 0 Å². The molecule has 1 aliphatic heterocycles. The van der Waals surface area contributed by atoms with Gasteiger partial charge in [-0.25, -0.2) is 0 Å². The summed E-state index contributed by atoms with van der Waals surface area (Å²) >= 11 is 8.01. The van der Waals surface area contributed by atoms with Gasteiger partial charge in [-0.3, -0.25) is 0 Å². The summed E-state index contributed by atoms with van der Waals surface area (Å²) in [5, 5.41) is 9.69. The topological polar surface area (TPSA) is 27.0 Å². The molecule has 1 heterocycles. The number of anilines is 1. The molecular formula is C12H13ClN2S. The highest BCUT2D eigenvalue weighted by atomic mass is 35.5. The lowest BCUT2D eigenvalue weighted by molar-refractivity contribution is 0.815. The maximum Gasteiger partial charge on any atom is 0.103 e. The molecule has 0 spiro atoms. The van der Waals surface area contributed by atoms with E-state index in [-0.39, 0.29) is 0 Å². The predicted molar refractivity (Wildman–Crippen MR) is 70.3 cm³/mol. The number of rotatable bonds is 1. The van der Waals surface area contributed by atoms with Crippen LogP contribution in [0.4, 0.5) is 5.69 Å². The first-order valence-electron chi connectivity index (χ1n) is 5.34. The average molecular weight is 253 g/mol. The molecule has 0 saturated carbocycles. The Labute approximate surface area is 105 Å². The Morgan fingerprint density at radius 3 is 3.00 bits per heavy atom. The van der Waals surface area contributed by atoms with Crippen LogP contribution in [-0.4, -0.2) is 24.6 Å². The van der Waals surface area contributed by atoms with Gasteiger partial charge in [0.15, 0.2) is 0 Å². The molecule has 2 rings (SSSR count). The SMILES string of the molecule is N#Cc1c(Cl)cccc1N1CCCSCC1. The van der Waals surface area contributed by atoms with Gasteiger partial charge in [-0.15, -0.1) is 0 Å². The number of hydrogen-bond acceptors (Lipinski definition) is 3. The summed E-state index contributed by atoms with van der Waals surface area (Å²) in [6, 6.07) is 7.87. The zero-order valence-electron chi connectivity index (χ0n) is 8.95. The Kier molecular flexibility index (Phi) is 3.98. The molecule has 0 amide bonds. The van der Waals surface area contributed by atoms with Gasteiger partial charge in [0.2, 0.25) is 0 Å². The molecule has 0 aromatic heterocycles. The van der Waals surface area contributed by atoms with E-state index in [1.54, 1.807) is 6.07 Å². The van der Waals surface area contributed by atoms with Crippen molar-refractivity contribution in [3.8, 4) is 6.07 Å². The lowest BCUT2D eigenvalue weighted by atomic mass is 10.1. The monoisotopic (exact) mass is 252 g/mol. The van der Waals surface area contributed by atoms with Crippen molar-refractivity contribution < 1.29 is 0 Å². The molecule has 1 fully saturated rings. The second-order valence-corrected chi connectivity index (χ2v) is 5.33. The van der Waals surface area contributed by atoms with Crippen molar-refractivity contribution in [2.45, 2.75) is 6.42 Å². The van der Waals surface area contributed by atoms with Crippen LogP contribution in [0.1, 0.15) is 12.0 Å². The zero-order valence-corrected chi connectivity index (χ0v) is 10.5. The van der Waals surface area contributed by atoms with Gasteiger partial charge in [0, 0.05) is 18.8 Å². The number of hydrogen-bond donors (Lipinski definition) is 0. The lowest BCUT2D eigenvalue weighted by Crippen LogP contribution is -2.26. The molecule has 0 N–H and O–H groups in total. The molecule has 0 atom stereocenters. The van der Waals surface area contributed by atoms with Crippen molar-refractivity contribution >= 4 is 29.1 Å². The highest BCUT2D eigenvalue weighted by Gasteiger charge is 2.15. The smallest absolute Gasteiger partial charge is 0.103 e. The number of benzene rings is 1. The Bertz CT molecular complexity index is 406. The number of nitrogens with zero attached hydrogens (tertiary/aromatic N) is 2. The van der Waals surface area contributed by atoms with Crippen LogP contribution in [0.5, 0.6) is 0 Å². The summed E-state index contributed by atoms with van der Waals surface area (Å²) in [4.78, 5) is 2.27. The fourth-order valence-electron chi connectivity index (χ4n) is 1.87. The van der Waals surface area contributed by atoms with Gasteiger partial charge < -0.3 is 4.90 Å². The Balaban J connectivity index is 2.31. The molecule has 0 bridgehead atoms. The first-order valence-corrected chi connectivity index (χ1v) is 6.87. The molecule has 1 aromatic rings. The molecule has 2 nitrogen and oxygen atoms in total. The quantitative estimate of drug-likeness (QED) is 0.768. The molecule has 0 unspecified atom stereocenters. The van der Waals surface area contributed by atoms with Crippen LogP contribution in [0.25, 0.3) is 0 Å². The van der Waals surface area contributed by atoms with E-state index >= 15 is 0 Å². The van der Waals surface area contributed by atoms with E-state index in [0.29, 0.717) is 10.6 Å². The molecule has 1 saturated heterocycles. The van der Waals surface area contributed by atoms with Crippen molar-refractivity contribution in [1.29, 1.82) is 5.26 Å². The predicted octanol–water partition coefficient (Wildman–Crippen LogP) is 3.15. The van der Waals surface area contributed by atoms with Gasteiger partial charge in [-0.1, -0.05) is 17.7 Å². The summed E-state index contributed by atoms with van der Waals surface area (Å²) < 4.78 is 0. The van der Waals surface area contributed by atoms with Crippen LogP contribution < -0.4 is 4.90 Å². The van der Waals surface area contributed by atoms with E-state index in [2.05, 4.69) is 11.0 Å². The fourth-order valence-corrected chi connectivity index (χ4v) is 2.97. The minimum absolute atomic E-state index is 0.553. The third-order valence-electron chi connectivity index (χ3n) is 2.67. The summed E-state index contributed by atoms with van der Waals surface area (Å²) in [5.41, 5.74) is 1.59. The van der Waals surface area contributed by atoms with Crippen molar-refractivity contribution in [2.75, 3.05) is 29.5 Å². The number of halogens is 1. The van der Waals surface area contributed by atoms with Gasteiger partial charge in [0.1, 0.15) is 6.07 Å². The molecule has 4 heteroatoms. The van der Waals surface area contributed by atoms with Crippen LogP contribution in [0.2, 0.25) is 5.02 Å². The van der Waals surface area contributed by atoms with Gasteiger partial charge in [-0.2, -0.15) is 17.0 Å². The Morgan fingerprint density at radius 1 is 1.31 bits per heavy atom. The first kappa shape index (κ1) is 11.6. The van der Waals surface area contributed by atoms with Crippen molar-refractivity contribution in [1.82, 2.24) is 0 Å². The number of thioether (sulfide) groups is 1. The highest BCUT2D eigenvalue weighted by molar-refractivity contribution is 7.99. The molecular weight excluding hydrogens is 240 g/mol. The molecule has 84 valence electrons. The maximum absolute atomic E-state index is 9.13. The number of nitriles is 1. The largest absolute Gasteiger partial charge is 0.370 e. The zero-order chi connectivity index (χ0) is 11.4. The van der Waals surface area contributed by atoms with Gasteiger partial charge in [-0.05, 0) is 24.3 Å². The van der Waals surface area contributed by atoms with E-state index in [1.165, 1.54) is 12.2 Å². The second kappa shape index (κ2) is 5.47. The van der Waals surface area contributed by atoms with Crippen LogP contribution in [0.3, 0.4) is 0 Å². The minimum atomic E-state index is 0.553. The van der Waals surface area contributed by atoms with Crippen LogP contribution >= 0.6 is 23.4 Å². The second-order valence-electron chi connectivity index (χ2n) is 3.70. The lowest BCUT2D eigenvalue weighted by Gasteiger charge is -2.23. The van der Waals surface area contributed by atoms with Crippen molar-refractivity contribution in [3.05, 3.63) is 28.8 Å². The normalized spacial score (nSPS) is 16.6. The maximum atomic E-state index is 9.13. The Hall–Kier alpha value is -0.850. The third kappa shape index (κ3) is 2.45. The van der Waals surface area contributed by atoms with Crippen molar-refractivity contribution in [2.24, 2.45) is 0 Å². The first-order chi connectivity index (χ1) is 7.83. The van der Waals surface area contributed by atoms with E-state index < -0.39 is 0 Å².